The second-order valence-corrected chi connectivity index (χ2v) is 6.27. The molecule has 2 N–H and O–H groups in total. The van der Waals surface area contributed by atoms with Gasteiger partial charge >= 0.3 is 0 Å². The van der Waals surface area contributed by atoms with Crippen LogP contribution in [0.5, 0.6) is 0 Å². The van der Waals surface area contributed by atoms with E-state index < -0.39 is 0 Å². The van der Waals surface area contributed by atoms with Crippen LogP contribution in [0.2, 0.25) is 0 Å². The fourth-order valence-corrected chi connectivity index (χ4v) is 2.49. The third-order valence-electron chi connectivity index (χ3n) is 3.83. The van der Waals surface area contributed by atoms with Crippen LogP contribution in [0.15, 0.2) is 37.3 Å². The highest BCUT2D eigenvalue weighted by molar-refractivity contribution is 5.81. The Balaban J connectivity index is 0.000000180. The lowest BCUT2D eigenvalue weighted by Gasteiger charge is -2.05. The van der Waals surface area contributed by atoms with Crippen LogP contribution >= 0.6 is 0 Å². The third kappa shape index (κ3) is 3.63. The van der Waals surface area contributed by atoms with E-state index in [4.69, 9.17) is 5.73 Å². The Kier molecular flexibility index (Phi) is 5.86. The maximum atomic E-state index is 5.64. The topological polar surface area (TPSA) is 100 Å². The molecular formula is C18H26N8. The first-order valence-electron chi connectivity index (χ1n) is 8.19. The average molecular weight is 354 g/mol. The first kappa shape index (κ1) is 19.3. The summed E-state index contributed by atoms with van der Waals surface area (Å²) in [7, 11) is 0. The standard InChI is InChI=1S/C9H11N3.C8H11N5.CH4/c1-7(2)12-6-11-8-4-3-5-10-9(8)12;1-5(2)13-4-12-6-7(9)10-3-11-8(6)13;/h3-7H,1-2H3;3-5H,1-2H3,(H2,9,10,11);1H4. The number of nitrogens with two attached hydrogens (primary N) is 1. The monoisotopic (exact) mass is 354 g/mol. The molecule has 0 saturated heterocycles. The van der Waals surface area contributed by atoms with Crippen LogP contribution in [-0.2, 0) is 0 Å². The Hall–Kier alpha value is -3.03. The van der Waals surface area contributed by atoms with Crippen LogP contribution in [0, 0.1) is 0 Å². The van der Waals surface area contributed by atoms with Gasteiger partial charge in [-0.2, -0.15) is 0 Å². The van der Waals surface area contributed by atoms with Crippen LogP contribution in [0.25, 0.3) is 22.3 Å². The van der Waals surface area contributed by atoms with Crippen LogP contribution in [0.1, 0.15) is 47.2 Å². The molecule has 0 amide bonds. The van der Waals surface area contributed by atoms with Crippen molar-refractivity contribution >= 4 is 28.1 Å². The largest absolute Gasteiger partial charge is 0.382 e. The molecule has 0 radical (unpaired) electrons. The molecule has 8 nitrogen and oxygen atoms in total. The Morgan fingerprint density at radius 1 is 0.846 bits per heavy atom. The molecule has 0 spiro atoms. The van der Waals surface area contributed by atoms with Gasteiger partial charge in [0.2, 0.25) is 0 Å². The molecule has 4 aromatic heterocycles. The van der Waals surface area contributed by atoms with Gasteiger partial charge in [-0.1, -0.05) is 7.43 Å². The maximum absolute atomic E-state index is 5.64. The minimum Gasteiger partial charge on any atom is -0.382 e. The smallest absolute Gasteiger partial charge is 0.165 e. The van der Waals surface area contributed by atoms with Gasteiger partial charge in [0.25, 0.3) is 0 Å². The number of hydrogen-bond donors (Lipinski definition) is 1. The fourth-order valence-electron chi connectivity index (χ4n) is 2.49. The van der Waals surface area contributed by atoms with E-state index in [1.807, 2.05) is 23.0 Å². The average Bonchev–Trinajstić information content (AvgIpc) is 3.20. The van der Waals surface area contributed by atoms with Gasteiger partial charge in [0, 0.05) is 18.3 Å². The third-order valence-corrected chi connectivity index (χ3v) is 3.83. The highest BCUT2D eigenvalue weighted by Gasteiger charge is 2.08. The van der Waals surface area contributed by atoms with Crippen molar-refractivity contribution in [2.24, 2.45) is 0 Å². The fraction of sp³-hybridized carbons (Fsp3) is 0.389. The number of nitrogen functional groups attached to an aromatic ring is 1. The molecule has 0 atom stereocenters. The van der Waals surface area contributed by atoms with E-state index in [0.29, 0.717) is 23.4 Å². The van der Waals surface area contributed by atoms with Gasteiger partial charge in [-0.15, -0.1) is 0 Å². The number of fused-ring (bicyclic) bond motifs is 2. The minimum absolute atomic E-state index is 0. The second-order valence-electron chi connectivity index (χ2n) is 6.27. The van der Waals surface area contributed by atoms with E-state index in [9.17, 15) is 0 Å². The van der Waals surface area contributed by atoms with E-state index >= 15 is 0 Å². The van der Waals surface area contributed by atoms with Gasteiger partial charge in [0.15, 0.2) is 17.1 Å². The summed E-state index contributed by atoms with van der Waals surface area (Å²) in [6.45, 7) is 8.38. The first-order valence-corrected chi connectivity index (χ1v) is 8.19. The van der Waals surface area contributed by atoms with E-state index in [1.54, 1.807) is 12.5 Å². The van der Waals surface area contributed by atoms with Crippen molar-refractivity contribution < 1.29 is 0 Å². The summed E-state index contributed by atoms with van der Waals surface area (Å²) >= 11 is 0. The zero-order chi connectivity index (χ0) is 18.0. The van der Waals surface area contributed by atoms with E-state index in [-0.39, 0.29) is 7.43 Å². The van der Waals surface area contributed by atoms with Crippen molar-refractivity contribution in [3.63, 3.8) is 0 Å². The molecule has 4 aromatic rings. The molecule has 26 heavy (non-hydrogen) atoms. The number of anilines is 1. The molecule has 0 bridgehead atoms. The lowest BCUT2D eigenvalue weighted by atomic mass is 10.4. The molecule has 8 heteroatoms. The summed E-state index contributed by atoms with van der Waals surface area (Å²) in [5, 5.41) is 0. The Bertz CT molecular complexity index is 983. The summed E-state index contributed by atoms with van der Waals surface area (Å²) in [4.78, 5) is 20.7. The Morgan fingerprint density at radius 2 is 1.50 bits per heavy atom. The van der Waals surface area contributed by atoms with Crippen LogP contribution < -0.4 is 5.73 Å². The van der Waals surface area contributed by atoms with Gasteiger partial charge in [0.1, 0.15) is 17.4 Å². The van der Waals surface area contributed by atoms with E-state index in [2.05, 4.69) is 57.2 Å². The maximum Gasteiger partial charge on any atom is 0.165 e. The van der Waals surface area contributed by atoms with Crippen LogP contribution in [-0.4, -0.2) is 34.1 Å². The van der Waals surface area contributed by atoms with Gasteiger partial charge in [-0.05, 0) is 39.8 Å². The number of hydrogen-bond acceptors (Lipinski definition) is 6. The van der Waals surface area contributed by atoms with Crippen molar-refractivity contribution in [3.8, 4) is 0 Å². The van der Waals surface area contributed by atoms with Crippen molar-refractivity contribution in [1.29, 1.82) is 0 Å². The van der Waals surface area contributed by atoms with Gasteiger partial charge in [-0.3, -0.25) is 0 Å². The SMILES string of the molecule is C.CC(C)n1cnc2c(N)ncnc21.CC(C)n1cnc2cccnc21. The van der Waals surface area contributed by atoms with Gasteiger partial charge in [0.05, 0.1) is 12.7 Å². The van der Waals surface area contributed by atoms with Gasteiger partial charge in [-0.25, -0.2) is 24.9 Å². The second kappa shape index (κ2) is 7.90. The summed E-state index contributed by atoms with van der Waals surface area (Å²) in [6, 6.07) is 4.63. The highest BCUT2D eigenvalue weighted by atomic mass is 15.1. The van der Waals surface area contributed by atoms with Gasteiger partial charge < -0.3 is 14.9 Å². The molecule has 0 aliphatic carbocycles. The summed E-state index contributed by atoms with van der Waals surface area (Å²) in [5.74, 6) is 0.435. The molecule has 0 saturated carbocycles. The summed E-state index contributed by atoms with van der Waals surface area (Å²) in [5.41, 5.74) is 9.04. The molecule has 4 rings (SSSR count). The van der Waals surface area contributed by atoms with Crippen molar-refractivity contribution in [2.75, 3.05) is 5.73 Å². The molecule has 0 fully saturated rings. The zero-order valence-corrected chi connectivity index (χ0v) is 14.8. The lowest BCUT2D eigenvalue weighted by molar-refractivity contribution is 0.612. The molecule has 138 valence electrons. The number of pyridine rings is 1. The molecular weight excluding hydrogens is 328 g/mol. The summed E-state index contributed by atoms with van der Waals surface area (Å²) in [6.07, 6.45) is 6.82. The minimum atomic E-state index is 0. The molecule has 0 aliphatic rings. The van der Waals surface area contributed by atoms with E-state index in [0.717, 1.165) is 16.8 Å². The number of aromatic nitrogens is 7. The number of nitrogens with zero attached hydrogens (tertiary/aromatic N) is 7. The predicted octanol–water partition coefficient (Wildman–Crippen LogP) is 3.64. The van der Waals surface area contributed by atoms with E-state index in [1.165, 1.54) is 6.33 Å². The zero-order valence-electron chi connectivity index (χ0n) is 14.8. The quantitative estimate of drug-likeness (QED) is 0.590. The highest BCUT2D eigenvalue weighted by Crippen LogP contribution is 2.17. The molecule has 0 aliphatic heterocycles. The summed E-state index contributed by atoms with van der Waals surface area (Å²) < 4.78 is 4.03. The van der Waals surface area contributed by atoms with Crippen molar-refractivity contribution in [1.82, 2.24) is 34.1 Å². The Morgan fingerprint density at radius 3 is 2.19 bits per heavy atom. The van der Waals surface area contributed by atoms with Crippen LogP contribution in [0.3, 0.4) is 0 Å². The lowest BCUT2D eigenvalue weighted by Crippen LogP contribution is -2.00. The Labute approximate surface area is 153 Å². The molecule has 0 aromatic carbocycles. The number of rotatable bonds is 2. The normalized spacial score (nSPS) is 10.8. The first-order chi connectivity index (χ1) is 12.0. The van der Waals surface area contributed by atoms with Crippen molar-refractivity contribution in [3.05, 3.63) is 37.3 Å². The number of imidazole rings is 2. The predicted molar refractivity (Wildman–Crippen MR) is 105 cm³/mol. The molecule has 4 heterocycles. The van der Waals surface area contributed by atoms with Crippen molar-refractivity contribution in [2.45, 2.75) is 47.2 Å². The van der Waals surface area contributed by atoms with Crippen LogP contribution in [0.4, 0.5) is 5.82 Å². The molecule has 0 unspecified atom stereocenters.